The quantitative estimate of drug-likeness (QED) is 0.235. The van der Waals surface area contributed by atoms with Gasteiger partial charge in [0.2, 0.25) is 5.91 Å². The molecular formula is C21H19BrN4O4. The predicted octanol–water partition coefficient (Wildman–Crippen LogP) is 4.17. The number of aromatic hydroxyl groups is 1. The summed E-state index contributed by atoms with van der Waals surface area (Å²) in [5.74, 6) is -0.418. The number of oxime groups is 1. The van der Waals surface area contributed by atoms with E-state index in [0.29, 0.717) is 36.4 Å². The van der Waals surface area contributed by atoms with Gasteiger partial charge in [0.1, 0.15) is 18.0 Å². The highest BCUT2D eigenvalue weighted by Crippen LogP contribution is 2.36. The summed E-state index contributed by atoms with van der Waals surface area (Å²) in [6.07, 6.45) is 1.37. The van der Waals surface area contributed by atoms with Crippen LogP contribution in [-0.4, -0.2) is 39.2 Å². The van der Waals surface area contributed by atoms with Gasteiger partial charge in [-0.15, -0.1) is 0 Å². The SMILES string of the molecule is O=C(CCCCO/N=C1/C(c2c(O)[nH]c3ccc(Br)cc23)=Nc2ccccc21)NO. The lowest BCUT2D eigenvalue weighted by Gasteiger charge is -2.05. The zero-order chi connectivity index (χ0) is 21.1. The fourth-order valence-corrected chi connectivity index (χ4v) is 3.71. The van der Waals surface area contributed by atoms with Crippen molar-refractivity contribution in [1.82, 2.24) is 10.5 Å². The Labute approximate surface area is 180 Å². The predicted molar refractivity (Wildman–Crippen MR) is 117 cm³/mol. The van der Waals surface area contributed by atoms with Crippen molar-refractivity contribution in [2.24, 2.45) is 10.1 Å². The minimum Gasteiger partial charge on any atom is -0.494 e. The van der Waals surface area contributed by atoms with Gasteiger partial charge < -0.3 is 14.9 Å². The van der Waals surface area contributed by atoms with Crippen molar-refractivity contribution in [1.29, 1.82) is 0 Å². The topological polar surface area (TPSA) is 119 Å². The van der Waals surface area contributed by atoms with Crippen molar-refractivity contribution < 1.29 is 19.9 Å². The molecule has 1 aliphatic heterocycles. The largest absolute Gasteiger partial charge is 0.494 e. The maximum atomic E-state index is 11.1. The first-order chi connectivity index (χ1) is 14.6. The number of para-hydroxylation sites is 1. The summed E-state index contributed by atoms with van der Waals surface area (Å²) in [6.45, 7) is 0.309. The zero-order valence-corrected chi connectivity index (χ0v) is 17.4. The number of carbonyl (C=O) groups is 1. The van der Waals surface area contributed by atoms with Crippen molar-refractivity contribution >= 4 is 49.9 Å². The van der Waals surface area contributed by atoms with E-state index in [4.69, 9.17) is 15.0 Å². The number of unbranched alkanes of at least 4 members (excludes halogenated alkanes) is 1. The van der Waals surface area contributed by atoms with Crippen LogP contribution in [0.25, 0.3) is 10.9 Å². The molecule has 0 fully saturated rings. The number of aromatic amines is 1. The maximum absolute atomic E-state index is 11.1. The lowest BCUT2D eigenvalue weighted by atomic mass is 10.0. The van der Waals surface area contributed by atoms with E-state index < -0.39 is 5.91 Å². The summed E-state index contributed by atoms with van der Waals surface area (Å²) < 4.78 is 0.882. The molecule has 9 heteroatoms. The highest BCUT2D eigenvalue weighted by Gasteiger charge is 2.29. The summed E-state index contributed by atoms with van der Waals surface area (Å²) in [4.78, 5) is 24.2. The Hall–Kier alpha value is -3.17. The van der Waals surface area contributed by atoms with Crippen LogP contribution in [-0.2, 0) is 9.63 Å². The molecule has 4 N–H and O–H groups in total. The fourth-order valence-electron chi connectivity index (χ4n) is 3.35. The van der Waals surface area contributed by atoms with Crippen molar-refractivity contribution in [3.8, 4) is 5.88 Å². The first kappa shape index (κ1) is 20.1. The van der Waals surface area contributed by atoms with Crippen molar-refractivity contribution in [3.63, 3.8) is 0 Å². The Morgan fingerprint density at radius 3 is 2.90 bits per heavy atom. The van der Waals surface area contributed by atoms with E-state index in [1.165, 1.54) is 0 Å². The van der Waals surface area contributed by atoms with Crippen molar-refractivity contribution in [2.45, 2.75) is 19.3 Å². The van der Waals surface area contributed by atoms with E-state index in [1.54, 1.807) is 5.48 Å². The Kier molecular flexibility index (Phi) is 5.82. The number of hydrogen-bond acceptors (Lipinski definition) is 6. The molecule has 1 aromatic heterocycles. The van der Waals surface area contributed by atoms with Crippen LogP contribution in [0.3, 0.4) is 0 Å². The number of rotatable bonds is 7. The lowest BCUT2D eigenvalue weighted by Crippen LogP contribution is -2.18. The number of halogens is 1. The van der Waals surface area contributed by atoms with Gasteiger partial charge in [-0.25, -0.2) is 10.5 Å². The van der Waals surface area contributed by atoms with Crippen molar-refractivity contribution in [2.75, 3.05) is 6.61 Å². The number of hydrogen-bond donors (Lipinski definition) is 4. The van der Waals surface area contributed by atoms with Gasteiger partial charge in [0, 0.05) is 27.4 Å². The number of aromatic nitrogens is 1. The molecule has 0 saturated carbocycles. The third-order valence-corrected chi connectivity index (χ3v) is 5.26. The molecule has 3 aromatic rings. The molecule has 0 saturated heterocycles. The van der Waals surface area contributed by atoms with Gasteiger partial charge in [-0.05, 0) is 37.1 Å². The van der Waals surface area contributed by atoms with E-state index in [2.05, 4.69) is 26.1 Å². The minimum atomic E-state index is -0.429. The molecule has 8 nitrogen and oxygen atoms in total. The average Bonchev–Trinajstić information content (AvgIpc) is 3.26. The number of H-pyrrole nitrogens is 1. The third-order valence-electron chi connectivity index (χ3n) is 4.76. The maximum Gasteiger partial charge on any atom is 0.243 e. The van der Waals surface area contributed by atoms with Gasteiger partial charge in [-0.1, -0.05) is 39.3 Å². The molecule has 2 heterocycles. The molecule has 30 heavy (non-hydrogen) atoms. The van der Waals surface area contributed by atoms with Gasteiger partial charge in [0.25, 0.3) is 0 Å². The van der Waals surface area contributed by atoms with E-state index in [-0.39, 0.29) is 12.3 Å². The molecule has 0 radical (unpaired) electrons. The Bertz CT molecular complexity index is 1170. The number of nitrogens with zero attached hydrogens (tertiary/aromatic N) is 2. The minimum absolute atomic E-state index is 0.0115. The number of benzene rings is 2. The second-order valence-corrected chi connectivity index (χ2v) is 7.70. The molecule has 2 aromatic carbocycles. The van der Waals surface area contributed by atoms with Crippen LogP contribution in [0.4, 0.5) is 5.69 Å². The van der Waals surface area contributed by atoms with Crippen LogP contribution in [0.15, 0.2) is 57.1 Å². The van der Waals surface area contributed by atoms with Crippen LogP contribution in [0, 0.1) is 0 Å². The molecule has 0 aliphatic carbocycles. The number of aliphatic imine (C=N–C) groups is 1. The summed E-state index contributed by atoms with van der Waals surface area (Å²) in [7, 11) is 0. The monoisotopic (exact) mass is 470 g/mol. The summed E-state index contributed by atoms with van der Waals surface area (Å²) in [5.41, 5.74) is 5.57. The van der Waals surface area contributed by atoms with E-state index in [0.717, 1.165) is 26.6 Å². The highest BCUT2D eigenvalue weighted by molar-refractivity contribution is 9.10. The second-order valence-electron chi connectivity index (χ2n) is 6.78. The normalized spacial score (nSPS) is 14.1. The molecule has 0 bridgehead atoms. The molecule has 0 spiro atoms. The first-order valence-corrected chi connectivity index (χ1v) is 10.2. The molecule has 0 unspecified atom stereocenters. The molecular weight excluding hydrogens is 452 g/mol. The first-order valence-electron chi connectivity index (χ1n) is 9.40. The second kappa shape index (κ2) is 8.68. The molecule has 154 valence electrons. The zero-order valence-electron chi connectivity index (χ0n) is 15.9. The van der Waals surface area contributed by atoms with E-state index in [1.807, 2.05) is 42.5 Å². The fraction of sp³-hybridized carbons (Fsp3) is 0.190. The van der Waals surface area contributed by atoms with Crippen LogP contribution in [0.5, 0.6) is 5.88 Å². The third kappa shape index (κ3) is 3.94. The van der Waals surface area contributed by atoms with Crippen LogP contribution >= 0.6 is 15.9 Å². The van der Waals surface area contributed by atoms with Gasteiger partial charge in [-0.3, -0.25) is 10.0 Å². The molecule has 4 rings (SSSR count). The Morgan fingerprint density at radius 1 is 1.23 bits per heavy atom. The molecule has 0 atom stereocenters. The lowest BCUT2D eigenvalue weighted by molar-refractivity contribution is -0.129. The molecule has 1 amide bonds. The van der Waals surface area contributed by atoms with Gasteiger partial charge in [0.05, 0.1) is 11.3 Å². The smallest absolute Gasteiger partial charge is 0.243 e. The molecule has 1 aliphatic rings. The number of nitrogens with one attached hydrogen (secondary N) is 2. The van der Waals surface area contributed by atoms with Gasteiger partial charge >= 0.3 is 0 Å². The standard InChI is InChI=1S/C21H19BrN4O4/c22-12-8-9-16-14(11-12)18(21(28)24-16)20-19(13-5-1-2-6-15(13)23-20)26-30-10-4-3-7-17(27)25-29/h1-2,5-6,8-9,11,24,28-29H,3-4,7,10H2,(H,25,27)/b26-19+. The number of fused-ring (bicyclic) bond motifs is 2. The average molecular weight is 471 g/mol. The van der Waals surface area contributed by atoms with Crippen LogP contribution in [0.1, 0.15) is 30.4 Å². The van der Waals surface area contributed by atoms with E-state index >= 15 is 0 Å². The van der Waals surface area contributed by atoms with E-state index in [9.17, 15) is 9.90 Å². The summed E-state index contributed by atoms with van der Waals surface area (Å²) in [5, 5.41) is 24.2. The summed E-state index contributed by atoms with van der Waals surface area (Å²) in [6, 6.07) is 13.3. The van der Waals surface area contributed by atoms with Crippen LogP contribution < -0.4 is 5.48 Å². The number of carbonyl (C=O) groups excluding carboxylic acids is 1. The van der Waals surface area contributed by atoms with Gasteiger partial charge in [0.15, 0.2) is 5.88 Å². The Morgan fingerprint density at radius 2 is 2.07 bits per heavy atom. The number of hydroxylamine groups is 1. The Balaban J connectivity index is 1.62. The highest BCUT2D eigenvalue weighted by atomic mass is 79.9. The van der Waals surface area contributed by atoms with Crippen molar-refractivity contribution in [3.05, 3.63) is 58.1 Å². The van der Waals surface area contributed by atoms with Crippen LogP contribution in [0.2, 0.25) is 0 Å². The van der Waals surface area contributed by atoms with Gasteiger partial charge in [-0.2, -0.15) is 0 Å². The summed E-state index contributed by atoms with van der Waals surface area (Å²) >= 11 is 3.47. The number of amides is 1.